The third-order valence-electron chi connectivity index (χ3n) is 3.93. The summed E-state index contributed by atoms with van der Waals surface area (Å²) < 4.78 is 26.3. The molecule has 0 spiro atoms. The number of nitrogens with zero attached hydrogens (tertiary/aromatic N) is 1. The van der Waals surface area contributed by atoms with Crippen LogP contribution < -0.4 is 0 Å². The fraction of sp³-hybridized carbons (Fsp3) is 0.571. The summed E-state index contributed by atoms with van der Waals surface area (Å²) in [6, 6.07) is 4.46. The quantitative estimate of drug-likeness (QED) is 0.906. The second-order valence-electron chi connectivity index (χ2n) is 5.44. The van der Waals surface area contributed by atoms with Crippen LogP contribution in [0.2, 0.25) is 10.0 Å². The van der Waals surface area contributed by atoms with E-state index in [0.29, 0.717) is 28.5 Å². The molecule has 0 aliphatic heterocycles. The first-order valence-electron chi connectivity index (χ1n) is 6.89. The maximum Gasteiger partial charge on any atom is 0.218 e. The van der Waals surface area contributed by atoms with E-state index >= 15 is 0 Å². The lowest BCUT2D eigenvalue weighted by atomic mass is 9.93. The van der Waals surface area contributed by atoms with Gasteiger partial charge in [0.15, 0.2) is 0 Å². The van der Waals surface area contributed by atoms with Crippen molar-refractivity contribution < 1.29 is 13.5 Å². The van der Waals surface area contributed by atoms with Gasteiger partial charge in [0.25, 0.3) is 0 Å². The Kier molecular flexibility index (Phi) is 5.54. The second-order valence-corrected chi connectivity index (χ2v) is 8.28. The van der Waals surface area contributed by atoms with Gasteiger partial charge in [-0.1, -0.05) is 42.1 Å². The smallest absolute Gasteiger partial charge is 0.218 e. The Labute approximate surface area is 135 Å². The van der Waals surface area contributed by atoms with Crippen molar-refractivity contribution in [2.45, 2.75) is 43.6 Å². The van der Waals surface area contributed by atoms with E-state index in [0.717, 1.165) is 12.8 Å². The molecule has 0 bridgehead atoms. The molecule has 0 heterocycles. The molecule has 2 rings (SSSR count). The minimum absolute atomic E-state index is 0.149. The summed E-state index contributed by atoms with van der Waals surface area (Å²) >= 11 is 11.7. The van der Waals surface area contributed by atoms with Crippen LogP contribution >= 0.6 is 23.2 Å². The maximum atomic E-state index is 12.5. The van der Waals surface area contributed by atoms with E-state index in [1.165, 1.54) is 11.4 Å². The van der Waals surface area contributed by atoms with Crippen LogP contribution in [0, 0.1) is 0 Å². The van der Waals surface area contributed by atoms with Crippen LogP contribution in [0.15, 0.2) is 18.2 Å². The van der Waals surface area contributed by atoms with E-state index in [1.54, 1.807) is 18.2 Å². The Morgan fingerprint density at radius 2 is 1.90 bits per heavy atom. The number of hydrogen-bond acceptors (Lipinski definition) is 3. The molecule has 1 N–H and O–H groups in total. The van der Waals surface area contributed by atoms with Crippen LogP contribution in [0.25, 0.3) is 0 Å². The van der Waals surface area contributed by atoms with Gasteiger partial charge in [-0.25, -0.2) is 8.42 Å². The molecule has 1 aliphatic rings. The normalized spacial score (nSPS) is 23.5. The highest BCUT2D eigenvalue weighted by Gasteiger charge is 2.33. The van der Waals surface area contributed by atoms with Gasteiger partial charge in [0.05, 0.1) is 27.9 Å². The number of sulfonamides is 1. The van der Waals surface area contributed by atoms with E-state index in [2.05, 4.69) is 0 Å². The minimum atomic E-state index is -3.50. The molecular weight excluding hydrogens is 333 g/mol. The van der Waals surface area contributed by atoms with Crippen molar-refractivity contribution in [2.24, 2.45) is 0 Å². The monoisotopic (exact) mass is 351 g/mol. The third kappa shape index (κ3) is 4.11. The molecule has 4 nitrogen and oxygen atoms in total. The number of aliphatic hydroxyl groups excluding tert-OH is 1. The van der Waals surface area contributed by atoms with Crippen molar-refractivity contribution >= 4 is 33.2 Å². The van der Waals surface area contributed by atoms with Crippen LogP contribution in [0.5, 0.6) is 0 Å². The summed E-state index contributed by atoms with van der Waals surface area (Å²) in [7, 11) is -1.97. The first kappa shape index (κ1) is 17.0. The topological polar surface area (TPSA) is 57.6 Å². The van der Waals surface area contributed by atoms with Gasteiger partial charge < -0.3 is 5.11 Å². The zero-order valence-electron chi connectivity index (χ0n) is 11.8. The highest BCUT2D eigenvalue weighted by Crippen LogP contribution is 2.27. The SMILES string of the molecule is CN([C@@H]1CCCC[C@@H]1O)S(=O)(=O)Cc1ccc(Cl)c(Cl)c1. The molecule has 0 amide bonds. The van der Waals surface area contributed by atoms with Gasteiger partial charge in [-0.05, 0) is 30.5 Å². The molecule has 1 saturated carbocycles. The van der Waals surface area contributed by atoms with E-state index < -0.39 is 16.1 Å². The summed E-state index contributed by atoms with van der Waals surface area (Å²) in [5, 5.41) is 10.7. The standard InChI is InChI=1S/C14H19Cl2NO3S/c1-17(13-4-2-3-5-14(13)18)21(19,20)9-10-6-7-11(15)12(16)8-10/h6-8,13-14,18H,2-5,9H2,1H3/t13-,14+/m1/s1. The van der Waals surface area contributed by atoms with Gasteiger partial charge in [-0.15, -0.1) is 0 Å². The first-order valence-corrected chi connectivity index (χ1v) is 9.25. The second kappa shape index (κ2) is 6.84. The van der Waals surface area contributed by atoms with E-state index in [9.17, 15) is 13.5 Å². The average Bonchev–Trinajstić information content (AvgIpc) is 2.42. The van der Waals surface area contributed by atoms with Crippen molar-refractivity contribution in [3.8, 4) is 0 Å². The Morgan fingerprint density at radius 1 is 1.24 bits per heavy atom. The van der Waals surface area contributed by atoms with Crippen LogP contribution in [0.4, 0.5) is 0 Å². The Bertz CT molecular complexity index is 606. The van der Waals surface area contributed by atoms with Crippen molar-refractivity contribution in [2.75, 3.05) is 7.05 Å². The Balaban J connectivity index is 2.15. The van der Waals surface area contributed by atoms with Crippen molar-refractivity contribution in [1.82, 2.24) is 4.31 Å². The molecule has 1 aromatic rings. The average molecular weight is 352 g/mol. The number of rotatable bonds is 4. The molecule has 0 radical (unpaired) electrons. The molecular formula is C14H19Cl2NO3S. The molecule has 7 heteroatoms. The zero-order chi connectivity index (χ0) is 15.6. The molecule has 0 saturated heterocycles. The van der Waals surface area contributed by atoms with Gasteiger partial charge in [0, 0.05) is 7.05 Å². The lowest BCUT2D eigenvalue weighted by Crippen LogP contribution is -2.46. The first-order chi connectivity index (χ1) is 9.81. The predicted molar refractivity (Wildman–Crippen MR) is 85.1 cm³/mol. The van der Waals surface area contributed by atoms with Crippen LogP contribution in [0.1, 0.15) is 31.2 Å². The van der Waals surface area contributed by atoms with Gasteiger partial charge in [0.1, 0.15) is 0 Å². The number of likely N-dealkylation sites (N-methyl/N-ethyl adjacent to an activating group) is 1. The molecule has 1 aromatic carbocycles. The van der Waals surface area contributed by atoms with E-state index in [-0.39, 0.29) is 11.8 Å². The lowest BCUT2D eigenvalue weighted by molar-refractivity contribution is 0.0637. The summed E-state index contributed by atoms with van der Waals surface area (Å²) in [5.41, 5.74) is 0.585. The largest absolute Gasteiger partial charge is 0.391 e. The summed E-state index contributed by atoms with van der Waals surface area (Å²) in [5.74, 6) is -0.149. The van der Waals surface area contributed by atoms with E-state index in [1.807, 2.05) is 0 Å². The van der Waals surface area contributed by atoms with Gasteiger partial charge in [-0.2, -0.15) is 4.31 Å². The van der Waals surface area contributed by atoms with Crippen LogP contribution in [0.3, 0.4) is 0 Å². The van der Waals surface area contributed by atoms with Gasteiger partial charge in [0.2, 0.25) is 10.0 Å². The van der Waals surface area contributed by atoms with Gasteiger partial charge >= 0.3 is 0 Å². The summed E-state index contributed by atoms with van der Waals surface area (Å²) in [6.07, 6.45) is 2.63. The Hall–Kier alpha value is -0.330. The molecule has 0 unspecified atom stereocenters. The molecule has 2 atom stereocenters. The highest BCUT2D eigenvalue weighted by molar-refractivity contribution is 7.88. The molecule has 1 fully saturated rings. The fourth-order valence-electron chi connectivity index (χ4n) is 2.66. The van der Waals surface area contributed by atoms with Crippen LogP contribution in [-0.4, -0.2) is 37.0 Å². The van der Waals surface area contributed by atoms with Crippen molar-refractivity contribution in [3.05, 3.63) is 33.8 Å². The molecule has 0 aromatic heterocycles. The molecule has 1 aliphatic carbocycles. The fourth-order valence-corrected chi connectivity index (χ4v) is 4.45. The highest BCUT2D eigenvalue weighted by atomic mass is 35.5. The number of benzene rings is 1. The summed E-state index contributed by atoms with van der Waals surface area (Å²) in [4.78, 5) is 0. The maximum absolute atomic E-state index is 12.5. The number of halogens is 2. The van der Waals surface area contributed by atoms with Gasteiger partial charge in [-0.3, -0.25) is 0 Å². The Morgan fingerprint density at radius 3 is 2.52 bits per heavy atom. The van der Waals surface area contributed by atoms with Crippen LogP contribution in [-0.2, 0) is 15.8 Å². The number of aliphatic hydroxyl groups is 1. The van der Waals surface area contributed by atoms with Crippen molar-refractivity contribution in [3.63, 3.8) is 0 Å². The summed E-state index contributed by atoms with van der Waals surface area (Å²) in [6.45, 7) is 0. The third-order valence-corrected chi connectivity index (χ3v) is 6.52. The predicted octanol–water partition coefficient (Wildman–Crippen LogP) is 3.06. The number of hydrogen-bond donors (Lipinski definition) is 1. The molecule has 118 valence electrons. The minimum Gasteiger partial charge on any atom is -0.391 e. The molecule has 21 heavy (non-hydrogen) atoms. The van der Waals surface area contributed by atoms with E-state index in [4.69, 9.17) is 23.2 Å². The zero-order valence-corrected chi connectivity index (χ0v) is 14.1. The lowest BCUT2D eigenvalue weighted by Gasteiger charge is -2.34. The van der Waals surface area contributed by atoms with Crippen molar-refractivity contribution in [1.29, 1.82) is 0 Å².